The highest BCUT2D eigenvalue weighted by Gasteiger charge is 2.32. The fraction of sp³-hybridized carbons (Fsp3) is 0.533. The van der Waals surface area contributed by atoms with Crippen LogP contribution < -0.4 is 10.1 Å². The molecule has 0 amide bonds. The molecular formula is C15H19NO3. The zero-order valence-corrected chi connectivity index (χ0v) is 11.1. The van der Waals surface area contributed by atoms with E-state index in [1.165, 1.54) is 0 Å². The van der Waals surface area contributed by atoms with Gasteiger partial charge in [0.05, 0.1) is 24.3 Å². The summed E-state index contributed by atoms with van der Waals surface area (Å²) >= 11 is 0. The SMILES string of the molecule is COC1CNC(C(=O)c2cccc3c2OCCC3)C1. The minimum Gasteiger partial charge on any atom is -0.493 e. The highest BCUT2D eigenvalue weighted by molar-refractivity contribution is 6.03. The van der Waals surface area contributed by atoms with Gasteiger partial charge < -0.3 is 14.8 Å². The third-order valence-electron chi connectivity index (χ3n) is 3.94. The topological polar surface area (TPSA) is 47.6 Å². The lowest BCUT2D eigenvalue weighted by Crippen LogP contribution is -2.31. The van der Waals surface area contributed by atoms with Crippen LogP contribution in [-0.2, 0) is 11.2 Å². The first-order valence-electron chi connectivity index (χ1n) is 6.84. The Balaban J connectivity index is 1.84. The molecule has 2 aliphatic rings. The smallest absolute Gasteiger partial charge is 0.183 e. The average molecular weight is 261 g/mol. The summed E-state index contributed by atoms with van der Waals surface area (Å²) in [5, 5.41) is 3.23. The van der Waals surface area contributed by atoms with E-state index in [1.807, 2.05) is 18.2 Å². The molecule has 102 valence electrons. The predicted octanol–water partition coefficient (Wildman–Crippen LogP) is 1.57. The number of nitrogens with one attached hydrogen (secondary N) is 1. The molecule has 2 heterocycles. The van der Waals surface area contributed by atoms with Crippen LogP contribution in [0.4, 0.5) is 0 Å². The number of para-hydroxylation sites is 1. The number of Topliss-reactive ketones (excluding diaryl/α,β-unsaturated/α-hetero) is 1. The van der Waals surface area contributed by atoms with Crippen molar-refractivity contribution in [1.29, 1.82) is 0 Å². The monoisotopic (exact) mass is 261 g/mol. The van der Waals surface area contributed by atoms with Gasteiger partial charge in [-0.2, -0.15) is 0 Å². The highest BCUT2D eigenvalue weighted by Crippen LogP contribution is 2.30. The van der Waals surface area contributed by atoms with E-state index in [2.05, 4.69) is 5.32 Å². The third-order valence-corrected chi connectivity index (χ3v) is 3.94. The molecule has 4 heteroatoms. The fourth-order valence-corrected chi connectivity index (χ4v) is 2.85. The molecule has 1 aromatic rings. The van der Waals surface area contributed by atoms with Crippen LogP contribution in [0.25, 0.3) is 0 Å². The quantitative estimate of drug-likeness (QED) is 0.839. The van der Waals surface area contributed by atoms with Crippen molar-refractivity contribution < 1.29 is 14.3 Å². The first kappa shape index (κ1) is 12.6. The van der Waals surface area contributed by atoms with Gasteiger partial charge in [-0.15, -0.1) is 0 Å². The van der Waals surface area contributed by atoms with E-state index < -0.39 is 0 Å². The van der Waals surface area contributed by atoms with Crippen LogP contribution in [0.3, 0.4) is 0 Å². The maximum Gasteiger partial charge on any atom is 0.183 e. The maximum atomic E-state index is 12.6. The number of fused-ring (bicyclic) bond motifs is 1. The third kappa shape index (κ3) is 2.38. The number of hydrogen-bond acceptors (Lipinski definition) is 4. The molecular weight excluding hydrogens is 242 g/mol. The highest BCUT2D eigenvalue weighted by atomic mass is 16.5. The van der Waals surface area contributed by atoms with Gasteiger partial charge >= 0.3 is 0 Å². The number of benzene rings is 1. The van der Waals surface area contributed by atoms with Gasteiger partial charge in [0.25, 0.3) is 0 Å². The van der Waals surface area contributed by atoms with Crippen molar-refractivity contribution in [2.24, 2.45) is 0 Å². The number of carbonyl (C=O) groups is 1. The van der Waals surface area contributed by atoms with Crippen molar-refractivity contribution in [3.8, 4) is 5.75 Å². The van der Waals surface area contributed by atoms with E-state index in [0.29, 0.717) is 12.2 Å². The van der Waals surface area contributed by atoms with Crippen LogP contribution in [0.15, 0.2) is 18.2 Å². The van der Waals surface area contributed by atoms with Crippen LogP contribution in [0.5, 0.6) is 5.75 Å². The van der Waals surface area contributed by atoms with Crippen molar-refractivity contribution in [1.82, 2.24) is 5.32 Å². The molecule has 2 aliphatic heterocycles. The van der Waals surface area contributed by atoms with E-state index in [9.17, 15) is 4.79 Å². The van der Waals surface area contributed by atoms with Crippen LogP contribution >= 0.6 is 0 Å². The average Bonchev–Trinajstić information content (AvgIpc) is 2.95. The second-order valence-corrected chi connectivity index (χ2v) is 5.16. The summed E-state index contributed by atoms with van der Waals surface area (Å²) in [6.45, 7) is 1.44. The van der Waals surface area contributed by atoms with Gasteiger partial charge in [-0.3, -0.25) is 4.79 Å². The number of rotatable bonds is 3. The van der Waals surface area contributed by atoms with Gasteiger partial charge in [-0.25, -0.2) is 0 Å². The molecule has 1 N–H and O–H groups in total. The van der Waals surface area contributed by atoms with Crippen LogP contribution in [0.2, 0.25) is 0 Å². The Morgan fingerprint density at radius 3 is 3.16 bits per heavy atom. The first-order valence-corrected chi connectivity index (χ1v) is 6.84. The fourth-order valence-electron chi connectivity index (χ4n) is 2.85. The molecule has 1 fully saturated rings. The summed E-state index contributed by atoms with van der Waals surface area (Å²) in [6.07, 6.45) is 2.89. The van der Waals surface area contributed by atoms with Gasteiger partial charge in [-0.05, 0) is 30.9 Å². The number of carbonyl (C=O) groups excluding carboxylic acids is 1. The molecule has 0 aromatic heterocycles. The molecule has 19 heavy (non-hydrogen) atoms. The Morgan fingerprint density at radius 2 is 2.37 bits per heavy atom. The zero-order valence-electron chi connectivity index (χ0n) is 11.1. The Hall–Kier alpha value is -1.39. The second-order valence-electron chi connectivity index (χ2n) is 5.16. The molecule has 1 aromatic carbocycles. The normalized spacial score (nSPS) is 25.7. The summed E-state index contributed by atoms with van der Waals surface area (Å²) in [6, 6.07) is 5.71. The lowest BCUT2D eigenvalue weighted by Gasteiger charge is -2.21. The van der Waals surface area contributed by atoms with Crippen molar-refractivity contribution >= 4 is 5.78 Å². The number of methoxy groups -OCH3 is 1. The van der Waals surface area contributed by atoms with E-state index in [4.69, 9.17) is 9.47 Å². The Bertz CT molecular complexity index is 486. The van der Waals surface area contributed by atoms with Gasteiger partial charge in [0.15, 0.2) is 5.78 Å². The van der Waals surface area contributed by atoms with E-state index in [-0.39, 0.29) is 17.9 Å². The molecule has 0 aliphatic carbocycles. The summed E-state index contributed by atoms with van der Waals surface area (Å²) in [7, 11) is 1.69. The molecule has 0 saturated carbocycles. The van der Waals surface area contributed by atoms with Gasteiger partial charge in [0.1, 0.15) is 5.75 Å². The Kier molecular flexibility index (Phi) is 3.53. The zero-order chi connectivity index (χ0) is 13.2. The minimum absolute atomic E-state index is 0.123. The minimum atomic E-state index is -0.151. The molecule has 0 radical (unpaired) electrons. The van der Waals surface area contributed by atoms with Gasteiger partial charge in [-0.1, -0.05) is 12.1 Å². The van der Waals surface area contributed by atoms with E-state index >= 15 is 0 Å². The summed E-state index contributed by atoms with van der Waals surface area (Å²) in [4.78, 5) is 12.6. The van der Waals surface area contributed by atoms with Crippen LogP contribution in [0, 0.1) is 0 Å². The van der Waals surface area contributed by atoms with Gasteiger partial charge in [0.2, 0.25) is 0 Å². The molecule has 0 bridgehead atoms. The number of hydrogen-bond donors (Lipinski definition) is 1. The molecule has 2 atom stereocenters. The number of ether oxygens (including phenoxy) is 2. The lowest BCUT2D eigenvalue weighted by molar-refractivity contribution is 0.0914. The predicted molar refractivity (Wildman–Crippen MR) is 71.8 cm³/mol. The first-order chi connectivity index (χ1) is 9.29. The Labute approximate surface area is 113 Å². The standard InChI is InChI=1S/C15H19NO3/c1-18-11-8-13(16-9-11)14(17)12-6-2-4-10-5-3-7-19-15(10)12/h2,4,6,11,13,16H,3,5,7-9H2,1H3. The maximum absolute atomic E-state index is 12.6. The van der Waals surface area contributed by atoms with Crippen LogP contribution in [-0.4, -0.2) is 38.2 Å². The van der Waals surface area contributed by atoms with Gasteiger partial charge in [0, 0.05) is 13.7 Å². The van der Waals surface area contributed by atoms with Crippen molar-refractivity contribution in [2.45, 2.75) is 31.4 Å². The second kappa shape index (κ2) is 5.31. The van der Waals surface area contributed by atoms with Crippen LogP contribution in [0.1, 0.15) is 28.8 Å². The van der Waals surface area contributed by atoms with E-state index in [1.54, 1.807) is 7.11 Å². The van der Waals surface area contributed by atoms with Crippen molar-refractivity contribution in [3.63, 3.8) is 0 Å². The Morgan fingerprint density at radius 1 is 1.47 bits per heavy atom. The lowest BCUT2D eigenvalue weighted by atomic mass is 9.96. The summed E-state index contributed by atoms with van der Waals surface area (Å²) < 4.78 is 11.0. The molecule has 0 spiro atoms. The number of ketones is 1. The molecule has 2 unspecified atom stereocenters. The number of aryl methyl sites for hydroxylation is 1. The molecule has 3 rings (SSSR count). The van der Waals surface area contributed by atoms with E-state index in [0.717, 1.165) is 37.1 Å². The summed E-state index contributed by atoms with van der Waals surface area (Å²) in [5.74, 6) is 0.916. The molecule has 4 nitrogen and oxygen atoms in total. The van der Waals surface area contributed by atoms with Crippen molar-refractivity contribution in [3.05, 3.63) is 29.3 Å². The largest absolute Gasteiger partial charge is 0.493 e. The van der Waals surface area contributed by atoms with Crippen molar-refractivity contribution in [2.75, 3.05) is 20.3 Å². The summed E-state index contributed by atoms with van der Waals surface area (Å²) in [5.41, 5.74) is 1.87. The molecule has 1 saturated heterocycles.